The summed E-state index contributed by atoms with van der Waals surface area (Å²) in [6.07, 6.45) is 0. The van der Waals surface area contributed by atoms with Gasteiger partial charge < -0.3 is 4.90 Å². The number of anilines is 3. The fraction of sp³-hybridized carbons (Fsp3) is 0.182. The van der Waals surface area contributed by atoms with Crippen molar-refractivity contribution >= 4 is 63.3 Å². The van der Waals surface area contributed by atoms with Gasteiger partial charge in [0.2, 0.25) is 13.4 Å². The van der Waals surface area contributed by atoms with Crippen molar-refractivity contribution in [2.45, 2.75) is 52.4 Å². The molecule has 4 aliphatic rings. The Labute approximate surface area is 279 Å². The molecule has 224 valence electrons. The Bertz CT molecular complexity index is 2210. The zero-order valence-corrected chi connectivity index (χ0v) is 28.1. The minimum atomic E-state index is -0.105. The molecule has 0 bridgehead atoms. The summed E-state index contributed by atoms with van der Waals surface area (Å²) in [6.45, 7) is 14.7. The predicted octanol–water partition coefficient (Wildman–Crippen LogP) is 6.38. The molecule has 0 spiro atoms. The van der Waals surface area contributed by atoms with Crippen molar-refractivity contribution in [3.63, 3.8) is 0 Å². The topological polar surface area (TPSA) is 3.24 Å². The molecule has 47 heavy (non-hydrogen) atoms. The maximum atomic E-state index is 2.68. The van der Waals surface area contributed by atoms with E-state index in [2.05, 4.69) is 162 Å². The molecular weight excluding hydrogens is 564 g/mol. The predicted molar refractivity (Wildman–Crippen MR) is 202 cm³/mol. The Balaban J connectivity index is 1.41. The highest BCUT2D eigenvalue weighted by atomic mass is 15.2. The minimum Gasteiger partial charge on any atom is -0.313 e. The number of nitrogens with zero attached hydrogens (tertiary/aromatic N) is 1. The summed E-state index contributed by atoms with van der Waals surface area (Å²) < 4.78 is 0. The van der Waals surface area contributed by atoms with Gasteiger partial charge in [-0.15, -0.1) is 0 Å². The van der Waals surface area contributed by atoms with E-state index in [-0.39, 0.29) is 24.3 Å². The number of benzene rings is 6. The van der Waals surface area contributed by atoms with Gasteiger partial charge in [0.25, 0.3) is 0 Å². The Kier molecular flexibility index (Phi) is 5.23. The molecule has 6 aromatic rings. The van der Waals surface area contributed by atoms with Crippen LogP contribution in [-0.2, 0) is 10.8 Å². The van der Waals surface area contributed by atoms with Gasteiger partial charge in [-0.25, -0.2) is 0 Å². The van der Waals surface area contributed by atoms with Crippen LogP contribution in [0.2, 0.25) is 0 Å². The van der Waals surface area contributed by atoms with E-state index >= 15 is 0 Å². The molecule has 6 aromatic carbocycles. The van der Waals surface area contributed by atoms with Gasteiger partial charge in [0.1, 0.15) is 0 Å². The molecule has 0 N–H and O–H groups in total. The molecule has 4 aliphatic heterocycles. The van der Waals surface area contributed by atoms with Gasteiger partial charge in [-0.2, -0.15) is 0 Å². The third-order valence-electron chi connectivity index (χ3n) is 12.2. The lowest BCUT2D eigenvalue weighted by Gasteiger charge is -2.51. The van der Waals surface area contributed by atoms with E-state index in [1.54, 1.807) is 0 Å². The van der Waals surface area contributed by atoms with E-state index in [1.165, 1.54) is 94.3 Å². The maximum Gasteiger partial charge on any atom is 0.247 e. The summed E-state index contributed by atoms with van der Waals surface area (Å²) in [6, 6.07) is 44.3. The fourth-order valence-electron chi connectivity index (χ4n) is 10.5. The maximum absolute atomic E-state index is 2.68. The molecule has 1 nitrogen and oxygen atoms in total. The van der Waals surface area contributed by atoms with Crippen molar-refractivity contribution in [2.75, 3.05) is 4.90 Å². The van der Waals surface area contributed by atoms with Crippen LogP contribution >= 0.6 is 0 Å². The van der Waals surface area contributed by atoms with E-state index < -0.39 is 0 Å². The van der Waals surface area contributed by atoms with Crippen molar-refractivity contribution in [1.29, 1.82) is 0 Å². The molecule has 4 heterocycles. The Morgan fingerprint density at radius 3 is 1.40 bits per heavy atom. The lowest BCUT2D eigenvalue weighted by Crippen LogP contribution is -2.70. The standard InChI is InChI=1S/C44H37B2N/c1-26-20-22-36-40-38(26)43(3,4)30-16-10-12-18-32(30)45(40)34-24-29(28-14-8-7-9-15-28)25-35-42(34)47(36)37-23-21-27(2)39-41(37)46(35)33-19-13-11-17-31(33)44(39,5)6/h7-25H,1-6H3. The fourth-order valence-corrected chi connectivity index (χ4v) is 10.5. The summed E-state index contributed by atoms with van der Waals surface area (Å²) in [5.74, 6) is 0. The first-order valence-corrected chi connectivity index (χ1v) is 17.2. The average Bonchev–Trinajstić information content (AvgIpc) is 3.07. The molecule has 0 unspecified atom stereocenters. The van der Waals surface area contributed by atoms with Gasteiger partial charge in [-0.05, 0) is 92.3 Å². The van der Waals surface area contributed by atoms with Crippen LogP contribution < -0.4 is 37.7 Å². The lowest BCUT2D eigenvalue weighted by molar-refractivity contribution is 0.640. The van der Waals surface area contributed by atoms with Gasteiger partial charge in [0.15, 0.2) is 0 Å². The van der Waals surface area contributed by atoms with E-state index in [4.69, 9.17) is 0 Å². The molecule has 0 amide bonds. The van der Waals surface area contributed by atoms with Crippen LogP contribution in [0, 0.1) is 13.8 Å². The minimum absolute atomic E-state index is 0.105. The summed E-state index contributed by atoms with van der Waals surface area (Å²) in [4.78, 5) is 2.68. The van der Waals surface area contributed by atoms with E-state index in [0.717, 1.165) is 0 Å². The summed E-state index contributed by atoms with van der Waals surface area (Å²) in [7, 11) is 0. The quantitative estimate of drug-likeness (QED) is 0.198. The first-order valence-electron chi connectivity index (χ1n) is 17.2. The normalized spacial score (nSPS) is 16.5. The van der Waals surface area contributed by atoms with Crippen molar-refractivity contribution in [3.05, 3.63) is 149 Å². The molecule has 0 saturated carbocycles. The van der Waals surface area contributed by atoms with Crippen molar-refractivity contribution in [2.24, 2.45) is 0 Å². The van der Waals surface area contributed by atoms with E-state index in [0.29, 0.717) is 0 Å². The van der Waals surface area contributed by atoms with Crippen LogP contribution in [-0.4, -0.2) is 13.4 Å². The molecule has 0 aliphatic carbocycles. The third kappa shape index (κ3) is 3.28. The summed E-state index contributed by atoms with van der Waals surface area (Å²) in [5, 5.41) is 0. The first-order chi connectivity index (χ1) is 22.7. The number of fused-ring (bicyclic) bond motifs is 8. The molecule has 10 rings (SSSR count). The van der Waals surface area contributed by atoms with Crippen LogP contribution in [0.25, 0.3) is 11.1 Å². The zero-order valence-electron chi connectivity index (χ0n) is 28.1. The van der Waals surface area contributed by atoms with Crippen molar-refractivity contribution in [3.8, 4) is 11.1 Å². The summed E-state index contributed by atoms with van der Waals surface area (Å²) in [5.41, 5.74) is 23.8. The molecule has 3 heteroatoms. The Hall–Kier alpha value is -4.75. The van der Waals surface area contributed by atoms with Crippen LogP contribution in [0.3, 0.4) is 0 Å². The Morgan fingerprint density at radius 2 is 0.915 bits per heavy atom. The second kappa shape index (κ2) is 8.98. The largest absolute Gasteiger partial charge is 0.313 e. The second-order valence-corrected chi connectivity index (χ2v) is 15.4. The highest BCUT2D eigenvalue weighted by Gasteiger charge is 2.52. The van der Waals surface area contributed by atoms with Crippen LogP contribution in [0.15, 0.2) is 115 Å². The lowest BCUT2D eigenvalue weighted by atomic mass is 9.26. The average molecular weight is 601 g/mol. The van der Waals surface area contributed by atoms with Crippen LogP contribution in [0.4, 0.5) is 17.1 Å². The summed E-state index contributed by atoms with van der Waals surface area (Å²) >= 11 is 0. The molecule has 0 saturated heterocycles. The third-order valence-corrected chi connectivity index (χ3v) is 12.2. The number of hydrogen-bond acceptors (Lipinski definition) is 1. The van der Waals surface area contributed by atoms with E-state index in [9.17, 15) is 0 Å². The smallest absolute Gasteiger partial charge is 0.247 e. The van der Waals surface area contributed by atoms with Gasteiger partial charge in [-0.1, -0.05) is 142 Å². The van der Waals surface area contributed by atoms with Crippen LogP contribution in [0.5, 0.6) is 0 Å². The van der Waals surface area contributed by atoms with Gasteiger partial charge >= 0.3 is 0 Å². The molecule has 0 aromatic heterocycles. The number of aryl methyl sites for hydroxylation is 2. The highest BCUT2D eigenvalue weighted by molar-refractivity contribution is 7.03. The monoisotopic (exact) mass is 601 g/mol. The van der Waals surface area contributed by atoms with Gasteiger partial charge in [0, 0.05) is 27.9 Å². The zero-order chi connectivity index (χ0) is 32.0. The number of rotatable bonds is 1. The van der Waals surface area contributed by atoms with Gasteiger partial charge in [0.05, 0.1) is 0 Å². The number of hydrogen-bond donors (Lipinski definition) is 0. The highest BCUT2D eigenvalue weighted by Crippen LogP contribution is 2.47. The van der Waals surface area contributed by atoms with Gasteiger partial charge in [-0.3, -0.25) is 0 Å². The second-order valence-electron chi connectivity index (χ2n) is 15.4. The molecule has 0 radical (unpaired) electrons. The van der Waals surface area contributed by atoms with Crippen LogP contribution in [0.1, 0.15) is 61.1 Å². The van der Waals surface area contributed by atoms with Crippen molar-refractivity contribution in [1.82, 2.24) is 0 Å². The molecule has 0 fully saturated rings. The van der Waals surface area contributed by atoms with E-state index in [1.807, 2.05) is 0 Å². The molecular formula is C44H37B2N. The SMILES string of the molecule is Cc1ccc2c3c1C(C)(C)c1ccccc1B3c1cc(-c3ccccc3)cc3c1N2c1ccc(C)c2c1B3c1ccccc1C2(C)C. The first kappa shape index (κ1) is 27.4. The molecule has 0 atom stereocenters. The van der Waals surface area contributed by atoms with Crippen molar-refractivity contribution < 1.29 is 0 Å². The Morgan fingerprint density at radius 1 is 0.468 bits per heavy atom.